The molecular formula is C15H23NS. The van der Waals surface area contributed by atoms with Gasteiger partial charge in [0.15, 0.2) is 0 Å². The van der Waals surface area contributed by atoms with Gasteiger partial charge in [-0.15, -0.1) is 11.8 Å². The Morgan fingerprint density at radius 2 is 1.88 bits per heavy atom. The molecule has 0 heterocycles. The van der Waals surface area contributed by atoms with Gasteiger partial charge in [0.25, 0.3) is 0 Å². The van der Waals surface area contributed by atoms with Gasteiger partial charge in [0, 0.05) is 10.9 Å². The summed E-state index contributed by atoms with van der Waals surface area (Å²) in [4.78, 5) is 1.39. The molecule has 0 aliphatic heterocycles. The molecule has 1 aromatic rings. The Morgan fingerprint density at radius 1 is 1.12 bits per heavy atom. The lowest BCUT2D eigenvalue weighted by molar-refractivity contribution is 0.424. The third-order valence-corrected chi connectivity index (χ3v) is 4.66. The lowest BCUT2D eigenvalue weighted by Gasteiger charge is -2.16. The largest absolute Gasteiger partial charge is 0.328 e. The maximum atomic E-state index is 6.10. The van der Waals surface area contributed by atoms with Crippen LogP contribution in [0.25, 0.3) is 0 Å². The van der Waals surface area contributed by atoms with E-state index in [0.29, 0.717) is 6.04 Å². The fraction of sp³-hybridized carbons (Fsp3) is 0.600. The van der Waals surface area contributed by atoms with Crippen LogP contribution in [-0.2, 0) is 0 Å². The molecule has 1 nitrogen and oxygen atoms in total. The molecule has 0 radical (unpaired) electrons. The lowest BCUT2D eigenvalue weighted by atomic mass is 9.96. The van der Waals surface area contributed by atoms with E-state index in [1.165, 1.54) is 49.2 Å². The Balaban J connectivity index is 1.70. The Labute approximate surface area is 109 Å². The van der Waals surface area contributed by atoms with Gasteiger partial charge in [0.05, 0.1) is 0 Å². The van der Waals surface area contributed by atoms with Crippen LogP contribution in [0.2, 0.25) is 0 Å². The number of thioether (sulfide) groups is 1. The van der Waals surface area contributed by atoms with Gasteiger partial charge in [-0.05, 0) is 43.1 Å². The van der Waals surface area contributed by atoms with Crippen LogP contribution in [0, 0.1) is 5.92 Å². The second kappa shape index (κ2) is 7.07. The average molecular weight is 249 g/mol. The highest BCUT2D eigenvalue weighted by Gasteiger charge is 2.17. The van der Waals surface area contributed by atoms with Crippen LogP contribution in [0.15, 0.2) is 35.2 Å². The Morgan fingerprint density at radius 3 is 2.71 bits per heavy atom. The molecule has 1 aliphatic carbocycles. The summed E-state index contributed by atoms with van der Waals surface area (Å²) in [5, 5.41) is 0. The first-order valence-corrected chi connectivity index (χ1v) is 7.76. The monoisotopic (exact) mass is 249 g/mol. The predicted octanol–water partition coefficient (Wildman–Crippen LogP) is 4.08. The van der Waals surface area contributed by atoms with E-state index in [-0.39, 0.29) is 0 Å². The van der Waals surface area contributed by atoms with Gasteiger partial charge in [-0.3, -0.25) is 0 Å². The third-order valence-electron chi connectivity index (χ3n) is 3.61. The molecule has 1 aliphatic rings. The van der Waals surface area contributed by atoms with E-state index in [1.807, 2.05) is 11.8 Å². The summed E-state index contributed by atoms with van der Waals surface area (Å²) in [5.74, 6) is 2.10. The summed E-state index contributed by atoms with van der Waals surface area (Å²) in [7, 11) is 0. The Bertz CT molecular complexity index is 312. The van der Waals surface area contributed by atoms with Crippen molar-refractivity contribution in [3.05, 3.63) is 30.3 Å². The van der Waals surface area contributed by atoms with Crippen molar-refractivity contribution in [1.29, 1.82) is 0 Å². The summed E-state index contributed by atoms with van der Waals surface area (Å²) < 4.78 is 0. The molecule has 2 atom stereocenters. The first kappa shape index (κ1) is 13.0. The van der Waals surface area contributed by atoms with Gasteiger partial charge in [0.2, 0.25) is 0 Å². The standard InChI is InChI=1S/C15H23NS/c16-14-7-5-4-6-13(12-14)10-11-17-15-8-2-1-3-9-15/h1-3,8-9,13-14H,4-7,10-12,16H2. The maximum absolute atomic E-state index is 6.10. The van der Waals surface area contributed by atoms with Gasteiger partial charge in [0.1, 0.15) is 0 Å². The van der Waals surface area contributed by atoms with E-state index < -0.39 is 0 Å². The second-order valence-electron chi connectivity index (χ2n) is 5.10. The topological polar surface area (TPSA) is 26.0 Å². The minimum Gasteiger partial charge on any atom is -0.328 e. The van der Waals surface area contributed by atoms with E-state index >= 15 is 0 Å². The Hall–Kier alpha value is -0.470. The zero-order valence-electron chi connectivity index (χ0n) is 10.5. The maximum Gasteiger partial charge on any atom is 0.00719 e. The van der Waals surface area contributed by atoms with Gasteiger partial charge >= 0.3 is 0 Å². The van der Waals surface area contributed by atoms with Gasteiger partial charge in [-0.2, -0.15) is 0 Å². The van der Waals surface area contributed by atoms with Crippen molar-refractivity contribution in [3.63, 3.8) is 0 Å². The second-order valence-corrected chi connectivity index (χ2v) is 6.26. The first-order valence-electron chi connectivity index (χ1n) is 6.78. The zero-order valence-corrected chi connectivity index (χ0v) is 11.3. The van der Waals surface area contributed by atoms with E-state index in [2.05, 4.69) is 30.3 Å². The average Bonchev–Trinajstić information content (AvgIpc) is 2.55. The fourth-order valence-electron chi connectivity index (χ4n) is 2.63. The van der Waals surface area contributed by atoms with Gasteiger partial charge < -0.3 is 5.73 Å². The van der Waals surface area contributed by atoms with E-state index in [4.69, 9.17) is 5.73 Å². The van der Waals surface area contributed by atoms with Crippen LogP contribution in [0.5, 0.6) is 0 Å². The molecule has 2 N–H and O–H groups in total. The van der Waals surface area contributed by atoms with Crippen LogP contribution >= 0.6 is 11.8 Å². The molecule has 0 saturated heterocycles. The number of nitrogens with two attached hydrogens (primary N) is 1. The molecule has 0 amide bonds. The fourth-order valence-corrected chi connectivity index (χ4v) is 3.66. The Kier molecular flexibility index (Phi) is 5.40. The molecule has 1 saturated carbocycles. The summed E-state index contributed by atoms with van der Waals surface area (Å²) in [6.45, 7) is 0. The summed E-state index contributed by atoms with van der Waals surface area (Å²) in [5.41, 5.74) is 6.10. The molecule has 0 spiro atoms. The zero-order chi connectivity index (χ0) is 11.9. The predicted molar refractivity (Wildman–Crippen MR) is 76.3 cm³/mol. The van der Waals surface area contributed by atoms with Crippen LogP contribution in [0.3, 0.4) is 0 Å². The van der Waals surface area contributed by atoms with Crippen molar-refractivity contribution in [3.8, 4) is 0 Å². The molecule has 2 heteroatoms. The van der Waals surface area contributed by atoms with Crippen molar-refractivity contribution in [2.45, 2.75) is 49.5 Å². The lowest BCUT2D eigenvalue weighted by Crippen LogP contribution is -2.21. The van der Waals surface area contributed by atoms with Crippen LogP contribution in [0.4, 0.5) is 0 Å². The minimum atomic E-state index is 0.462. The van der Waals surface area contributed by atoms with Crippen molar-refractivity contribution < 1.29 is 0 Å². The first-order chi connectivity index (χ1) is 8.34. The molecule has 2 unspecified atom stereocenters. The number of benzene rings is 1. The van der Waals surface area contributed by atoms with Crippen LogP contribution in [-0.4, -0.2) is 11.8 Å². The summed E-state index contributed by atoms with van der Waals surface area (Å²) >= 11 is 1.98. The summed E-state index contributed by atoms with van der Waals surface area (Å²) in [6.07, 6.45) is 7.92. The van der Waals surface area contributed by atoms with Gasteiger partial charge in [-0.1, -0.05) is 37.5 Å². The quantitative estimate of drug-likeness (QED) is 0.643. The molecule has 1 aromatic carbocycles. The van der Waals surface area contributed by atoms with Crippen molar-refractivity contribution >= 4 is 11.8 Å². The molecule has 94 valence electrons. The van der Waals surface area contributed by atoms with Crippen LogP contribution in [0.1, 0.15) is 38.5 Å². The minimum absolute atomic E-state index is 0.462. The van der Waals surface area contributed by atoms with Gasteiger partial charge in [-0.25, -0.2) is 0 Å². The molecule has 0 aromatic heterocycles. The highest BCUT2D eigenvalue weighted by atomic mass is 32.2. The normalized spacial score (nSPS) is 25.5. The van der Waals surface area contributed by atoms with E-state index in [0.717, 1.165) is 5.92 Å². The van der Waals surface area contributed by atoms with E-state index in [9.17, 15) is 0 Å². The highest BCUT2D eigenvalue weighted by Crippen LogP contribution is 2.28. The van der Waals surface area contributed by atoms with Crippen LogP contribution < -0.4 is 5.73 Å². The number of rotatable bonds is 4. The molecule has 0 bridgehead atoms. The summed E-state index contributed by atoms with van der Waals surface area (Å²) in [6, 6.07) is 11.2. The number of hydrogen-bond acceptors (Lipinski definition) is 2. The molecular weight excluding hydrogens is 226 g/mol. The molecule has 17 heavy (non-hydrogen) atoms. The smallest absolute Gasteiger partial charge is 0.00719 e. The van der Waals surface area contributed by atoms with Crippen molar-refractivity contribution in [2.24, 2.45) is 11.7 Å². The SMILES string of the molecule is NC1CCCCC(CCSc2ccccc2)C1. The van der Waals surface area contributed by atoms with Crippen molar-refractivity contribution in [2.75, 3.05) is 5.75 Å². The highest BCUT2D eigenvalue weighted by molar-refractivity contribution is 7.99. The number of hydrogen-bond donors (Lipinski definition) is 1. The molecule has 1 fully saturated rings. The molecule has 2 rings (SSSR count). The third kappa shape index (κ3) is 4.72. The van der Waals surface area contributed by atoms with Crippen molar-refractivity contribution in [1.82, 2.24) is 0 Å². The van der Waals surface area contributed by atoms with E-state index in [1.54, 1.807) is 0 Å².